The van der Waals surface area contributed by atoms with Crippen LogP contribution in [0, 0.1) is 0 Å². The zero-order valence-electron chi connectivity index (χ0n) is 14.9. The number of imidazole rings is 1. The molecule has 1 atom stereocenters. The molecule has 25 heavy (non-hydrogen) atoms. The SMILES string of the molecule is CC(NC(=O)OC(C)(C)C)c1cc2nccn2nc1-c1ccccc1. The summed E-state index contributed by atoms with van der Waals surface area (Å²) in [6, 6.07) is 11.5. The molecule has 0 fully saturated rings. The Bertz CT molecular complexity index is 881. The van der Waals surface area contributed by atoms with E-state index in [1.807, 2.05) is 64.1 Å². The number of aromatic nitrogens is 3. The molecule has 130 valence electrons. The molecule has 6 heteroatoms. The summed E-state index contributed by atoms with van der Waals surface area (Å²) in [4.78, 5) is 16.4. The highest BCUT2D eigenvalue weighted by Gasteiger charge is 2.21. The zero-order valence-corrected chi connectivity index (χ0v) is 14.9. The van der Waals surface area contributed by atoms with E-state index in [1.165, 1.54) is 0 Å². The van der Waals surface area contributed by atoms with Crippen molar-refractivity contribution >= 4 is 11.7 Å². The minimum absolute atomic E-state index is 0.278. The first-order valence-corrected chi connectivity index (χ1v) is 8.23. The Kier molecular flexibility index (Phi) is 4.44. The first-order chi connectivity index (χ1) is 11.8. The molecule has 2 aromatic heterocycles. The van der Waals surface area contributed by atoms with Crippen molar-refractivity contribution in [3.63, 3.8) is 0 Å². The van der Waals surface area contributed by atoms with Crippen molar-refractivity contribution in [1.82, 2.24) is 19.9 Å². The van der Waals surface area contributed by atoms with Crippen LogP contribution in [0.1, 0.15) is 39.3 Å². The second-order valence-corrected chi connectivity index (χ2v) is 6.91. The molecule has 3 rings (SSSR count). The van der Waals surface area contributed by atoms with E-state index in [9.17, 15) is 4.79 Å². The van der Waals surface area contributed by atoms with E-state index in [1.54, 1.807) is 16.9 Å². The van der Waals surface area contributed by atoms with Gasteiger partial charge in [0.2, 0.25) is 0 Å². The number of amides is 1. The van der Waals surface area contributed by atoms with Crippen LogP contribution in [0.15, 0.2) is 48.8 Å². The normalized spacial score (nSPS) is 12.8. The summed E-state index contributed by atoms with van der Waals surface area (Å²) in [7, 11) is 0. The fourth-order valence-corrected chi connectivity index (χ4v) is 2.58. The van der Waals surface area contributed by atoms with Gasteiger partial charge in [0.15, 0.2) is 5.65 Å². The van der Waals surface area contributed by atoms with E-state index < -0.39 is 11.7 Å². The van der Waals surface area contributed by atoms with Crippen molar-refractivity contribution in [3.8, 4) is 11.3 Å². The molecule has 0 saturated heterocycles. The Morgan fingerprint density at radius 1 is 1.24 bits per heavy atom. The van der Waals surface area contributed by atoms with E-state index >= 15 is 0 Å². The standard InChI is InChI=1S/C19H22N4O2/c1-13(21-18(24)25-19(2,3)4)15-12-16-20-10-11-23(16)22-17(15)14-8-6-5-7-9-14/h5-13H,1-4H3,(H,21,24). The summed E-state index contributed by atoms with van der Waals surface area (Å²) in [6.07, 6.45) is 3.05. The predicted octanol–water partition coefficient (Wildman–Crippen LogP) is 3.98. The molecule has 1 amide bonds. The minimum atomic E-state index is -0.544. The molecular formula is C19H22N4O2. The first kappa shape index (κ1) is 17.0. The first-order valence-electron chi connectivity index (χ1n) is 8.23. The monoisotopic (exact) mass is 338 g/mol. The number of rotatable bonds is 3. The molecule has 6 nitrogen and oxygen atoms in total. The van der Waals surface area contributed by atoms with Crippen molar-refractivity contribution in [2.24, 2.45) is 0 Å². The molecule has 0 spiro atoms. The van der Waals surface area contributed by atoms with Crippen molar-refractivity contribution < 1.29 is 9.53 Å². The third kappa shape index (κ3) is 3.96. The van der Waals surface area contributed by atoms with E-state index in [2.05, 4.69) is 15.4 Å². The molecule has 1 unspecified atom stereocenters. The summed E-state index contributed by atoms with van der Waals surface area (Å²) in [5, 5.41) is 7.55. The summed E-state index contributed by atoms with van der Waals surface area (Å²) in [5.41, 5.74) is 2.85. The number of benzene rings is 1. The highest BCUT2D eigenvalue weighted by molar-refractivity contribution is 5.71. The third-order valence-corrected chi connectivity index (χ3v) is 3.66. The van der Waals surface area contributed by atoms with Crippen LogP contribution in [0.3, 0.4) is 0 Å². The van der Waals surface area contributed by atoms with Gasteiger partial charge < -0.3 is 10.1 Å². The predicted molar refractivity (Wildman–Crippen MR) is 96.2 cm³/mol. The van der Waals surface area contributed by atoms with Crippen molar-refractivity contribution in [3.05, 3.63) is 54.4 Å². The average Bonchev–Trinajstić information content (AvgIpc) is 3.00. The summed E-state index contributed by atoms with van der Waals surface area (Å²) < 4.78 is 7.08. The van der Waals surface area contributed by atoms with Crippen LogP contribution >= 0.6 is 0 Å². The van der Waals surface area contributed by atoms with Crippen LogP contribution < -0.4 is 5.32 Å². The summed E-state index contributed by atoms with van der Waals surface area (Å²) in [5.74, 6) is 0. The Hall–Kier alpha value is -2.89. The molecule has 0 saturated carbocycles. The number of nitrogens with zero attached hydrogens (tertiary/aromatic N) is 3. The van der Waals surface area contributed by atoms with Gasteiger partial charge in [-0.3, -0.25) is 0 Å². The number of ether oxygens (including phenoxy) is 1. The third-order valence-electron chi connectivity index (χ3n) is 3.66. The van der Waals surface area contributed by atoms with Gasteiger partial charge in [-0.25, -0.2) is 14.3 Å². The van der Waals surface area contributed by atoms with Gasteiger partial charge in [-0.05, 0) is 33.8 Å². The lowest BCUT2D eigenvalue weighted by Crippen LogP contribution is -2.34. The lowest BCUT2D eigenvalue weighted by atomic mass is 10.0. The maximum atomic E-state index is 12.1. The van der Waals surface area contributed by atoms with Gasteiger partial charge in [0.05, 0.1) is 11.7 Å². The zero-order chi connectivity index (χ0) is 18.0. The molecule has 3 aromatic rings. The number of alkyl carbamates (subject to hydrolysis) is 1. The van der Waals surface area contributed by atoms with Crippen LogP contribution in [0.25, 0.3) is 16.9 Å². The fraction of sp³-hybridized carbons (Fsp3) is 0.316. The van der Waals surface area contributed by atoms with Crippen LogP contribution in [0.2, 0.25) is 0 Å². The maximum Gasteiger partial charge on any atom is 0.408 e. The van der Waals surface area contributed by atoms with Gasteiger partial charge in [0, 0.05) is 23.5 Å². The maximum absolute atomic E-state index is 12.1. The highest BCUT2D eigenvalue weighted by Crippen LogP contribution is 2.27. The molecular weight excluding hydrogens is 316 g/mol. The number of carbonyl (C=O) groups is 1. The largest absolute Gasteiger partial charge is 0.444 e. The van der Waals surface area contributed by atoms with Gasteiger partial charge in [0.1, 0.15) is 5.60 Å². The molecule has 2 heterocycles. The van der Waals surface area contributed by atoms with Gasteiger partial charge in [-0.2, -0.15) is 5.10 Å². The minimum Gasteiger partial charge on any atom is -0.444 e. The smallest absolute Gasteiger partial charge is 0.408 e. The van der Waals surface area contributed by atoms with E-state index in [4.69, 9.17) is 4.74 Å². The molecule has 1 N–H and O–H groups in total. The van der Waals surface area contributed by atoms with E-state index in [-0.39, 0.29) is 6.04 Å². The van der Waals surface area contributed by atoms with Crippen molar-refractivity contribution in [2.45, 2.75) is 39.3 Å². The fourth-order valence-electron chi connectivity index (χ4n) is 2.58. The number of carbonyl (C=O) groups excluding carboxylic acids is 1. The van der Waals surface area contributed by atoms with Gasteiger partial charge in [0.25, 0.3) is 0 Å². The second-order valence-electron chi connectivity index (χ2n) is 6.91. The van der Waals surface area contributed by atoms with Crippen LogP contribution in [-0.4, -0.2) is 26.3 Å². The van der Waals surface area contributed by atoms with Crippen LogP contribution in [-0.2, 0) is 4.74 Å². The van der Waals surface area contributed by atoms with Gasteiger partial charge in [-0.15, -0.1) is 0 Å². The number of hydrogen-bond acceptors (Lipinski definition) is 4. The Labute approximate surface area is 146 Å². The van der Waals surface area contributed by atoms with E-state index in [0.717, 1.165) is 22.5 Å². The Morgan fingerprint density at radius 2 is 1.96 bits per heavy atom. The Balaban J connectivity index is 1.97. The summed E-state index contributed by atoms with van der Waals surface area (Å²) >= 11 is 0. The molecule has 0 bridgehead atoms. The lowest BCUT2D eigenvalue weighted by molar-refractivity contribution is 0.0508. The Morgan fingerprint density at radius 3 is 2.64 bits per heavy atom. The number of nitrogens with one attached hydrogen (secondary N) is 1. The molecule has 1 aromatic carbocycles. The van der Waals surface area contributed by atoms with Crippen molar-refractivity contribution in [1.29, 1.82) is 0 Å². The molecule has 0 aliphatic rings. The molecule has 0 radical (unpaired) electrons. The van der Waals surface area contributed by atoms with Crippen LogP contribution in [0.5, 0.6) is 0 Å². The lowest BCUT2D eigenvalue weighted by Gasteiger charge is -2.23. The van der Waals surface area contributed by atoms with Crippen LogP contribution in [0.4, 0.5) is 4.79 Å². The van der Waals surface area contributed by atoms with Gasteiger partial charge >= 0.3 is 6.09 Å². The highest BCUT2D eigenvalue weighted by atomic mass is 16.6. The van der Waals surface area contributed by atoms with Gasteiger partial charge in [-0.1, -0.05) is 30.3 Å². The molecule has 0 aliphatic heterocycles. The summed E-state index contributed by atoms with van der Waals surface area (Å²) in [6.45, 7) is 7.42. The second kappa shape index (κ2) is 6.55. The molecule has 0 aliphatic carbocycles. The van der Waals surface area contributed by atoms with E-state index in [0.29, 0.717) is 0 Å². The van der Waals surface area contributed by atoms with Crippen molar-refractivity contribution in [2.75, 3.05) is 0 Å². The quantitative estimate of drug-likeness (QED) is 0.784. The topological polar surface area (TPSA) is 68.5 Å². The average molecular weight is 338 g/mol. The number of hydrogen-bond donors (Lipinski definition) is 1. The number of fused-ring (bicyclic) bond motifs is 1.